The summed E-state index contributed by atoms with van der Waals surface area (Å²) in [6, 6.07) is 13.3. The molecule has 0 aliphatic rings. The molecule has 0 aliphatic carbocycles. The number of non-ortho nitro benzene ring substituents is 1. The van der Waals surface area contributed by atoms with Gasteiger partial charge in [-0.15, -0.1) is 10.2 Å². The predicted molar refractivity (Wildman–Crippen MR) is 96.9 cm³/mol. The average Bonchev–Trinajstić information content (AvgIpc) is 3.11. The summed E-state index contributed by atoms with van der Waals surface area (Å²) in [5, 5.41) is 21.5. The van der Waals surface area contributed by atoms with Gasteiger partial charge in [-0.25, -0.2) is 0 Å². The number of nitro benzene ring substituents is 1. The van der Waals surface area contributed by atoms with Crippen molar-refractivity contribution < 1.29 is 14.1 Å². The van der Waals surface area contributed by atoms with Crippen LogP contribution in [0.2, 0.25) is 0 Å². The molecular weight excluding hydrogens is 356 g/mol. The number of anilines is 1. The normalized spacial score (nSPS) is 10.5. The monoisotopic (exact) mass is 370 g/mol. The maximum absolute atomic E-state index is 12.0. The van der Waals surface area contributed by atoms with Crippen LogP contribution in [0.15, 0.2) is 58.2 Å². The summed E-state index contributed by atoms with van der Waals surface area (Å²) in [6.45, 7) is 1.97. The number of benzene rings is 2. The Labute approximate surface area is 152 Å². The van der Waals surface area contributed by atoms with Gasteiger partial charge < -0.3 is 9.73 Å². The smallest absolute Gasteiger partial charge is 0.277 e. The van der Waals surface area contributed by atoms with Gasteiger partial charge in [0.05, 0.1) is 10.7 Å². The topological polar surface area (TPSA) is 111 Å². The van der Waals surface area contributed by atoms with Crippen molar-refractivity contribution in [2.45, 2.75) is 12.1 Å². The van der Waals surface area contributed by atoms with E-state index in [1.54, 1.807) is 0 Å². The SMILES string of the molecule is Cc1ccc(NC(=O)CSc2nnc(-c3ccc([N+](=O)[O-])cc3)o2)cc1. The number of aryl methyl sites for hydroxylation is 1. The van der Waals surface area contributed by atoms with Gasteiger partial charge in [-0.3, -0.25) is 14.9 Å². The number of carbonyl (C=O) groups excluding carboxylic acids is 1. The number of thioether (sulfide) groups is 1. The average molecular weight is 370 g/mol. The standard InChI is InChI=1S/C17H14N4O4S/c1-11-2-6-13(7-3-11)18-15(22)10-26-17-20-19-16(25-17)12-4-8-14(9-5-12)21(23)24/h2-9H,10H2,1H3,(H,18,22). The summed E-state index contributed by atoms with van der Waals surface area (Å²) < 4.78 is 5.48. The molecule has 1 amide bonds. The fraction of sp³-hybridized carbons (Fsp3) is 0.118. The van der Waals surface area contributed by atoms with E-state index in [1.807, 2.05) is 31.2 Å². The molecule has 1 heterocycles. The molecule has 3 rings (SSSR count). The van der Waals surface area contributed by atoms with E-state index in [1.165, 1.54) is 24.3 Å². The second kappa shape index (κ2) is 7.79. The Kier molecular flexibility index (Phi) is 5.28. The highest BCUT2D eigenvalue weighted by atomic mass is 32.2. The van der Waals surface area contributed by atoms with Gasteiger partial charge in [0.1, 0.15) is 0 Å². The number of aromatic nitrogens is 2. The highest BCUT2D eigenvalue weighted by Crippen LogP contribution is 2.25. The zero-order valence-electron chi connectivity index (χ0n) is 13.7. The number of hydrogen-bond donors (Lipinski definition) is 1. The second-order valence-electron chi connectivity index (χ2n) is 5.38. The summed E-state index contributed by atoms with van der Waals surface area (Å²) in [7, 11) is 0. The Morgan fingerprint density at radius 1 is 1.15 bits per heavy atom. The van der Waals surface area contributed by atoms with E-state index in [-0.39, 0.29) is 28.5 Å². The Bertz CT molecular complexity index is 923. The number of amides is 1. The predicted octanol–water partition coefficient (Wildman–Crippen LogP) is 3.68. The molecule has 132 valence electrons. The molecular formula is C17H14N4O4S. The van der Waals surface area contributed by atoms with E-state index in [0.29, 0.717) is 5.56 Å². The lowest BCUT2D eigenvalue weighted by Gasteiger charge is -2.04. The van der Waals surface area contributed by atoms with E-state index in [2.05, 4.69) is 15.5 Å². The van der Waals surface area contributed by atoms with E-state index < -0.39 is 4.92 Å². The van der Waals surface area contributed by atoms with Crippen LogP contribution in [0.3, 0.4) is 0 Å². The third-order valence-electron chi connectivity index (χ3n) is 3.39. The van der Waals surface area contributed by atoms with Crippen LogP contribution in [0, 0.1) is 17.0 Å². The van der Waals surface area contributed by atoms with Crippen LogP contribution < -0.4 is 5.32 Å². The number of nitrogens with zero attached hydrogens (tertiary/aromatic N) is 3. The molecule has 0 saturated heterocycles. The van der Waals surface area contributed by atoms with Gasteiger partial charge in [0.15, 0.2) is 0 Å². The first-order valence-electron chi connectivity index (χ1n) is 7.59. The molecule has 0 saturated carbocycles. The lowest BCUT2D eigenvalue weighted by atomic mass is 10.2. The Morgan fingerprint density at radius 3 is 2.50 bits per heavy atom. The zero-order chi connectivity index (χ0) is 18.5. The molecule has 2 aromatic carbocycles. The molecule has 0 atom stereocenters. The van der Waals surface area contributed by atoms with Crippen LogP contribution in [0.5, 0.6) is 0 Å². The third-order valence-corrected chi connectivity index (χ3v) is 4.21. The van der Waals surface area contributed by atoms with Crippen molar-refractivity contribution in [3.63, 3.8) is 0 Å². The highest BCUT2D eigenvalue weighted by molar-refractivity contribution is 7.99. The second-order valence-corrected chi connectivity index (χ2v) is 6.31. The van der Waals surface area contributed by atoms with E-state index >= 15 is 0 Å². The summed E-state index contributed by atoms with van der Waals surface area (Å²) in [5.41, 5.74) is 2.38. The van der Waals surface area contributed by atoms with Gasteiger partial charge in [-0.1, -0.05) is 29.5 Å². The molecule has 0 bridgehead atoms. The first kappa shape index (κ1) is 17.6. The fourth-order valence-corrected chi connectivity index (χ4v) is 2.63. The molecule has 0 radical (unpaired) electrons. The lowest BCUT2D eigenvalue weighted by molar-refractivity contribution is -0.384. The van der Waals surface area contributed by atoms with Crippen LogP contribution in [0.25, 0.3) is 11.5 Å². The molecule has 3 aromatic rings. The third kappa shape index (κ3) is 4.45. The molecule has 1 N–H and O–H groups in total. The highest BCUT2D eigenvalue weighted by Gasteiger charge is 2.13. The van der Waals surface area contributed by atoms with Crippen molar-refractivity contribution >= 4 is 29.0 Å². The van der Waals surface area contributed by atoms with Crippen molar-refractivity contribution in [3.8, 4) is 11.5 Å². The van der Waals surface area contributed by atoms with Gasteiger partial charge in [-0.2, -0.15) is 0 Å². The van der Waals surface area contributed by atoms with Crippen LogP contribution >= 0.6 is 11.8 Å². The van der Waals surface area contributed by atoms with Crippen molar-refractivity contribution in [2.24, 2.45) is 0 Å². The Balaban J connectivity index is 1.57. The molecule has 9 heteroatoms. The summed E-state index contributed by atoms with van der Waals surface area (Å²) in [4.78, 5) is 22.1. The minimum Gasteiger partial charge on any atom is -0.411 e. The number of hydrogen-bond acceptors (Lipinski definition) is 7. The molecule has 0 fully saturated rings. The number of carbonyl (C=O) groups is 1. The Hall–Kier alpha value is -3.20. The molecule has 1 aromatic heterocycles. The van der Waals surface area contributed by atoms with Crippen molar-refractivity contribution in [1.29, 1.82) is 0 Å². The largest absolute Gasteiger partial charge is 0.411 e. The van der Waals surface area contributed by atoms with E-state index in [4.69, 9.17) is 4.42 Å². The zero-order valence-corrected chi connectivity index (χ0v) is 14.5. The van der Waals surface area contributed by atoms with Gasteiger partial charge in [0, 0.05) is 23.4 Å². The fourth-order valence-electron chi connectivity index (χ4n) is 2.07. The van der Waals surface area contributed by atoms with Crippen LogP contribution in [0.4, 0.5) is 11.4 Å². The Morgan fingerprint density at radius 2 is 1.85 bits per heavy atom. The molecule has 26 heavy (non-hydrogen) atoms. The number of rotatable bonds is 6. The van der Waals surface area contributed by atoms with Gasteiger partial charge in [0.25, 0.3) is 10.9 Å². The first-order valence-corrected chi connectivity index (χ1v) is 8.57. The van der Waals surface area contributed by atoms with Gasteiger partial charge in [-0.05, 0) is 31.2 Å². The minimum absolute atomic E-state index is 0.0179. The lowest BCUT2D eigenvalue weighted by Crippen LogP contribution is -2.13. The van der Waals surface area contributed by atoms with E-state index in [9.17, 15) is 14.9 Å². The first-order chi connectivity index (χ1) is 12.5. The minimum atomic E-state index is -0.481. The number of nitro groups is 1. The molecule has 0 aliphatic heterocycles. The van der Waals surface area contributed by atoms with Gasteiger partial charge >= 0.3 is 0 Å². The maximum Gasteiger partial charge on any atom is 0.277 e. The van der Waals surface area contributed by atoms with Crippen LogP contribution in [0.1, 0.15) is 5.56 Å². The maximum atomic E-state index is 12.0. The number of nitrogens with one attached hydrogen (secondary N) is 1. The van der Waals surface area contributed by atoms with Gasteiger partial charge in [0.2, 0.25) is 11.8 Å². The summed E-state index contributed by atoms with van der Waals surface area (Å²) in [6.07, 6.45) is 0. The molecule has 0 unspecified atom stereocenters. The summed E-state index contributed by atoms with van der Waals surface area (Å²) >= 11 is 1.11. The van der Waals surface area contributed by atoms with Crippen LogP contribution in [-0.2, 0) is 4.79 Å². The van der Waals surface area contributed by atoms with E-state index in [0.717, 1.165) is 23.0 Å². The molecule has 0 spiro atoms. The van der Waals surface area contributed by atoms with Crippen molar-refractivity contribution in [1.82, 2.24) is 10.2 Å². The summed E-state index contributed by atoms with van der Waals surface area (Å²) in [5.74, 6) is 0.172. The van der Waals surface area contributed by atoms with Crippen LogP contribution in [-0.4, -0.2) is 26.8 Å². The quantitative estimate of drug-likeness (QED) is 0.400. The van der Waals surface area contributed by atoms with Crippen molar-refractivity contribution in [3.05, 3.63) is 64.2 Å². The van der Waals surface area contributed by atoms with Crippen molar-refractivity contribution in [2.75, 3.05) is 11.1 Å². The molecule has 8 nitrogen and oxygen atoms in total.